The van der Waals surface area contributed by atoms with Crippen LogP contribution in [0.25, 0.3) is 0 Å². The highest BCUT2D eigenvalue weighted by atomic mass is 35.5. The third-order valence-corrected chi connectivity index (χ3v) is 7.43. The van der Waals surface area contributed by atoms with E-state index >= 15 is 0 Å². The molecule has 2 aliphatic rings. The van der Waals surface area contributed by atoms with Crippen LogP contribution in [0.1, 0.15) is 28.8 Å². The van der Waals surface area contributed by atoms with Crippen molar-refractivity contribution in [1.29, 1.82) is 0 Å². The highest BCUT2D eigenvalue weighted by Crippen LogP contribution is 2.35. The molecule has 4 rings (SSSR count). The average Bonchev–Trinajstić information content (AvgIpc) is 2.62. The highest BCUT2D eigenvalue weighted by Gasteiger charge is 2.43. The number of hydrogen-bond acceptors (Lipinski definition) is 4. The van der Waals surface area contributed by atoms with Crippen molar-refractivity contribution in [3.63, 3.8) is 0 Å². The summed E-state index contributed by atoms with van der Waals surface area (Å²) in [6.07, 6.45) is 0.936. The van der Waals surface area contributed by atoms with Gasteiger partial charge in [0.1, 0.15) is 5.66 Å². The Balaban J connectivity index is 1.54. The Morgan fingerprint density at radius 1 is 1.04 bits per heavy atom. The summed E-state index contributed by atoms with van der Waals surface area (Å²) in [5.41, 5.74) is 1.47. The lowest BCUT2D eigenvalue weighted by molar-refractivity contribution is 0.0865. The summed E-state index contributed by atoms with van der Waals surface area (Å²) in [6, 6.07) is 12.1. The molecule has 0 unspecified atom stereocenters. The fourth-order valence-corrected chi connectivity index (χ4v) is 5.35. The van der Waals surface area contributed by atoms with Crippen molar-refractivity contribution in [2.75, 3.05) is 18.4 Å². The van der Waals surface area contributed by atoms with Gasteiger partial charge >= 0.3 is 0 Å². The molecule has 2 heterocycles. The second-order valence-corrected chi connectivity index (χ2v) is 9.39. The Bertz CT molecular complexity index is 997. The Kier molecular flexibility index (Phi) is 4.41. The van der Waals surface area contributed by atoms with Crippen molar-refractivity contribution in [1.82, 2.24) is 9.62 Å². The van der Waals surface area contributed by atoms with Crippen LogP contribution in [0.2, 0.25) is 5.02 Å². The van der Waals surface area contributed by atoms with Gasteiger partial charge in [0.05, 0.1) is 21.2 Å². The van der Waals surface area contributed by atoms with E-state index in [4.69, 9.17) is 11.6 Å². The van der Waals surface area contributed by atoms with Gasteiger partial charge in [-0.3, -0.25) is 4.79 Å². The zero-order chi connectivity index (χ0) is 19.2. The molecule has 0 aromatic heterocycles. The molecular weight excluding hydrogens is 386 g/mol. The number of halogens is 1. The number of rotatable bonds is 2. The molecule has 0 atom stereocenters. The number of fused-ring (bicyclic) bond motifs is 1. The van der Waals surface area contributed by atoms with E-state index in [-0.39, 0.29) is 5.91 Å². The van der Waals surface area contributed by atoms with Crippen LogP contribution in [-0.4, -0.2) is 37.4 Å². The number of sulfonamides is 1. The molecular formula is C19H20ClN3O3S. The normalized spacial score (nSPS) is 19.3. The highest BCUT2D eigenvalue weighted by molar-refractivity contribution is 7.89. The third-order valence-electron chi connectivity index (χ3n) is 5.20. The SMILES string of the molecule is Cc1ccc(S(=O)(=O)N2CCC3(CC2)NC(=O)c2c(Cl)cccc2N3)cc1. The first-order valence-electron chi connectivity index (χ1n) is 8.77. The molecule has 2 aliphatic heterocycles. The third kappa shape index (κ3) is 3.20. The molecule has 1 spiro atoms. The largest absolute Gasteiger partial charge is 0.362 e. The molecule has 0 saturated carbocycles. The Hall–Kier alpha value is -2.09. The van der Waals surface area contributed by atoms with Gasteiger partial charge in [-0.15, -0.1) is 0 Å². The van der Waals surface area contributed by atoms with E-state index < -0.39 is 15.7 Å². The Morgan fingerprint density at radius 3 is 2.37 bits per heavy atom. The summed E-state index contributed by atoms with van der Waals surface area (Å²) >= 11 is 6.14. The van der Waals surface area contributed by atoms with Gasteiger partial charge in [0.25, 0.3) is 5.91 Å². The number of anilines is 1. The van der Waals surface area contributed by atoms with E-state index in [9.17, 15) is 13.2 Å². The molecule has 1 fully saturated rings. The van der Waals surface area contributed by atoms with Crippen LogP contribution in [0.3, 0.4) is 0 Å². The summed E-state index contributed by atoms with van der Waals surface area (Å²) in [5, 5.41) is 6.75. The number of aryl methyl sites for hydroxylation is 1. The van der Waals surface area contributed by atoms with Crippen molar-refractivity contribution in [2.45, 2.75) is 30.3 Å². The first-order valence-corrected chi connectivity index (χ1v) is 10.6. The average molecular weight is 406 g/mol. The fraction of sp³-hybridized carbons (Fsp3) is 0.316. The van der Waals surface area contributed by atoms with Gasteiger partial charge in [-0.25, -0.2) is 8.42 Å². The minimum atomic E-state index is -3.54. The summed E-state index contributed by atoms with van der Waals surface area (Å²) in [5.74, 6) is -0.232. The van der Waals surface area contributed by atoms with Gasteiger partial charge in [0.2, 0.25) is 10.0 Å². The minimum Gasteiger partial charge on any atom is -0.362 e. The molecule has 8 heteroatoms. The molecule has 1 saturated heterocycles. The maximum absolute atomic E-state index is 12.9. The second-order valence-electron chi connectivity index (χ2n) is 7.04. The molecule has 0 bridgehead atoms. The number of hydrogen-bond donors (Lipinski definition) is 2. The summed E-state index contributed by atoms with van der Waals surface area (Å²) < 4.78 is 27.2. The molecule has 2 aromatic carbocycles. The maximum atomic E-state index is 12.9. The first kappa shape index (κ1) is 18.3. The van der Waals surface area contributed by atoms with Gasteiger partial charge in [0, 0.05) is 25.9 Å². The molecule has 6 nitrogen and oxygen atoms in total. The quantitative estimate of drug-likeness (QED) is 0.805. The van der Waals surface area contributed by atoms with Gasteiger partial charge in [-0.1, -0.05) is 35.4 Å². The van der Waals surface area contributed by atoms with Crippen LogP contribution in [0.15, 0.2) is 47.4 Å². The number of amides is 1. The number of nitrogens with zero attached hydrogens (tertiary/aromatic N) is 1. The second kappa shape index (κ2) is 6.51. The minimum absolute atomic E-state index is 0.232. The smallest absolute Gasteiger partial charge is 0.256 e. The first-order chi connectivity index (χ1) is 12.8. The van der Waals surface area contributed by atoms with Crippen LogP contribution >= 0.6 is 11.6 Å². The number of carbonyl (C=O) groups is 1. The van der Waals surface area contributed by atoms with Crippen molar-refractivity contribution in [3.8, 4) is 0 Å². The predicted molar refractivity (Wildman–Crippen MR) is 104 cm³/mol. The molecule has 0 aliphatic carbocycles. The van der Waals surface area contributed by atoms with Crippen LogP contribution in [0.4, 0.5) is 5.69 Å². The van der Waals surface area contributed by atoms with E-state index in [1.165, 1.54) is 4.31 Å². The van der Waals surface area contributed by atoms with Crippen molar-refractivity contribution in [3.05, 3.63) is 58.6 Å². The van der Waals surface area contributed by atoms with E-state index in [0.29, 0.717) is 47.1 Å². The van der Waals surface area contributed by atoms with Crippen molar-refractivity contribution >= 4 is 33.2 Å². The summed E-state index contributed by atoms with van der Waals surface area (Å²) in [6.45, 7) is 2.56. The molecule has 1 amide bonds. The predicted octanol–water partition coefficient (Wildman–Crippen LogP) is 2.98. The van der Waals surface area contributed by atoms with Gasteiger partial charge in [-0.05, 0) is 31.2 Å². The van der Waals surface area contributed by atoms with Crippen LogP contribution in [0.5, 0.6) is 0 Å². The molecule has 2 N–H and O–H groups in total. The van der Waals surface area contributed by atoms with Crippen LogP contribution in [-0.2, 0) is 10.0 Å². The van der Waals surface area contributed by atoms with Crippen molar-refractivity contribution < 1.29 is 13.2 Å². The van der Waals surface area contributed by atoms with Gasteiger partial charge in [-0.2, -0.15) is 4.31 Å². The van der Waals surface area contributed by atoms with Gasteiger partial charge < -0.3 is 10.6 Å². The zero-order valence-electron chi connectivity index (χ0n) is 14.8. The van der Waals surface area contributed by atoms with E-state index in [0.717, 1.165) is 5.56 Å². The number of benzene rings is 2. The van der Waals surface area contributed by atoms with Crippen LogP contribution < -0.4 is 10.6 Å². The van der Waals surface area contributed by atoms with E-state index in [2.05, 4.69) is 10.6 Å². The van der Waals surface area contributed by atoms with E-state index in [1.807, 2.05) is 13.0 Å². The summed E-state index contributed by atoms with van der Waals surface area (Å²) in [7, 11) is -3.54. The molecule has 2 aromatic rings. The Morgan fingerprint density at radius 2 is 1.70 bits per heavy atom. The number of nitrogens with one attached hydrogen (secondary N) is 2. The standard InChI is InChI=1S/C19H20ClN3O3S/c1-13-5-7-14(8-6-13)27(25,26)23-11-9-19(10-12-23)21-16-4-2-3-15(20)17(16)18(24)22-19/h2-8,21H,9-12H2,1H3,(H,22,24). The lowest BCUT2D eigenvalue weighted by Gasteiger charge is -2.45. The van der Waals surface area contributed by atoms with Crippen molar-refractivity contribution in [2.24, 2.45) is 0 Å². The molecule has 142 valence electrons. The van der Waals surface area contributed by atoms with Crippen LogP contribution in [0, 0.1) is 6.92 Å². The van der Waals surface area contributed by atoms with Gasteiger partial charge in [0.15, 0.2) is 0 Å². The lowest BCUT2D eigenvalue weighted by atomic mass is 9.93. The number of carbonyl (C=O) groups excluding carboxylic acids is 1. The van der Waals surface area contributed by atoms with E-state index in [1.54, 1.807) is 36.4 Å². The maximum Gasteiger partial charge on any atom is 0.256 e. The monoisotopic (exact) mass is 405 g/mol. The number of piperidine rings is 1. The lowest BCUT2D eigenvalue weighted by Crippen LogP contribution is -2.62. The zero-order valence-corrected chi connectivity index (χ0v) is 16.4. The summed E-state index contributed by atoms with van der Waals surface area (Å²) in [4.78, 5) is 12.8. The molecule has 0 radical (unpaired) electrons. The topological polar surface area (TPSA) is 78.5 Å². The fourth-order valence-electron chi connectivity index (χ4n) is 3.65. The molecule has 27 heavy (non-hydrogen) atoms. The Labute approximate surface area is 163 Å².